The van der Waals surface area contributed by atoms with E-state index in [2.05, 4.69) is 4.98 Å². The number of sulfone groups is 1. The van der Waals surface area contributed by atoms with Crippen LogP contribution in [0, 0.1) is 0 Å². The van der Waals surface area contributed by atoms with E-state index in [1.54, 1.807) is 13.2 Å². The van der Waals surface area contributed by atoms with E-state index in [1.807, 2.05) is 0 Å². The molecule has 0 radical (unpaired) electrons. The maximum absolute atomic E-state index is 11.3. The summed E-state index contributed by atoms with van der Waals surface area (Å²) >= 11 is 0. The molecule has 1 heterocycles. The highest BCUT2D eigenvalue weighted by Gasteiger charge is 2.16. The summed E-state index contributed by atoms with van der Waals surface area (Å²) in [5.41, 5.74) is 0. The van der Waals surface area contributed by atoms with Crippen molar-refractivity contribution in [2.24, 2.45) is 7.05 Å². The molecule has 0 aliphatic rings. The average Bonchev–Trinajstić information content (AvgIpc) is 2.30. The molecule has 1 rings (SSSR count). The Kier molecular flexibility index (Phi) is 2.51. The molecule has 0 fully saturated rings. The van der Waals surface area contributed by atoms with Gasteiger partial charge in [-0.1, -0.05) is 0 Å². The molecule has 0 aromatic carbocycles. The van der Waals surface area contributed by atoms with Crippen molar-refractivity contribution in [3.63, 3.8) is 0 Å². The molecule has 1 aromatic heterocycles. The van der Waals surface area contributed by atoms with Gasteiger partial charge in [-0.05, 0) is 0 Å². The van der Waals surface area contributed by atoms with Gasteiger partial charge in [0.15, 0.2) is 15.7 Å². The lowest BCUT2D eigenvalue weighted by Crippen LogP contribution is -2.18. The fourth-order valence-corrected chi connectivity index (χ4v) is 1.54. The van der Waals surface area contributed by atoms with Crippen molar-refractivity contribution in [3.05, 3.63) is 18.2 Å². The highest BCUT2D eigenvalue weighted by Crippen LogP contribution is 1.98. The number of carbonyl (C=O) groups is 1. The van der Waals surface area contributed by atoms with Gasteiger partial charge in [0.25, 0.3) is 0 Å². The lowest BCUT2D eigenvalue weighted by Gasteiger charge is -1.98. The first kappa shape index (κ1) is 9.91. The Balaban J connectivity index is 2.88. The molecule has 0 N–H and O–H groups in total. The van der Waals surface area contributed by atoms with Gasteiger partial charge < -0.3 is 4.57 Å². The molecule has 0 amide bonds. The third-order valence-corrected chi connectivity index (χ3v) is 2.25. The van der Waals surface area contributed by atoms with Crippen LogP contribution in [0.5, 0.6) is 0 Å². The largest absolute Gasteiger partial charge is 0.332 e. The van der Waals surface area contributed by atoms with E-state index in [-0.39, 0.29) is 5.82 Å². The second-order valence-corrected chi connectivity index (χ2v) is 5.00. The van der Waals surface area contributed by atoms with Crippen LogP contribution in [0.15, 0.2) is 12.4 Å². The summed E-state index contributed by atoms with van der Waals surface area (Å²) in [6, 6.07) is 0. The number of ketones is 1. The van der Waals surface area contributed by atoms with E-state index < -0.39 is 21.4 Å². The molecule has 13 heavy (non-hydrogen) atoms. The Labute approximate surface area is 76.3 Å². The van der Waals surface area contributed by atoms with E-state index in [1.165, 1.54) is 10.8 Å². The molecule has 72 valence electrons. The number of aryl methyl sites for hydroxylation is 1. The van der Waals surface area contributed by atoms with E-state index in [0.717, 1.165) is 6.26 Å². The van der Waals surface area contributed by atoms with Gasteiger partial charge >= 0.3 is 0 Å². The van der Waals surface area contributed by atoms with Crippen LogP contribution in [0.2, 0.25) is 0 Å². The van der Waals surface area contributed by atoms with Gasteiger partial charge in [-0.15, -0.1) is 0 Å². The van der Waals surface area contributed by atoms with E-state index in [4.69, 9.17) is 0 Å². The Morgan fingerprint density at radius 1 is 1.62 bits per heavy atom. The SMILES string of the molecule is Cn1ccnc1C(=O)CS(C)(=O)=O. The van der Waals surface area contributed by atoms with Gasteiger partial charge in [0, 0.05) is 25.7 Å². The topological polar surface area (TPSA) is 69.0 Å². The maximum atomic E-state index is 11.3. The molecule has 0 saturated heterocycles. The first-order chi connectivity index (χ1) is 5.90. The Morgan fingerprint density at radius 2 is 2.23 bits per heavy atom. The fraction of sp³-hybridized carbons (Fsp3) is 0.429. The van der Waals surface area contributed by atoms with Crippen LogP contribution in [-0.4, -0.2) is 35.8 Å². The minimum atomic E-state index is -3.27. The second kappa shape index (κ2) is 3.29. The first-order valence-corrected chi connectivity index (χ1v) is 5.64. The van der Waals surface area contributed by atoms with Crippen LogP contribution in [0.3, 0.4) is 0 Å². The van der Waals surface area contributed by atoms with Gasteiger partial charge in [0.1, 0.15) is 5.75 Å². The van der Waals surface area contributed by atoms with Crippen molar-refractivity contribution in [1.29, 1.82) is 0 Å². The predicted octanol–water partition coefficient (Wildman–Crippen LogP) is -0.353. The molecule has 0 unspecified atom stereocenters. The van der Waals surface area contributed by atoms with E-state index in [0.29, 0.717) is 0 Å². The van der Waals surface area contributed by atoms with E-state index >= 15 is 0 Å². The van der Waals surface area contributed by atoms with Gasteiger partial charge in [0.05, 0.1) is 0 Å². The van der Waals surface area contributed by atoms with Gasteiger partial charge in [0.2, 0.25) is 5.78 Å². The zero-order chi connectivity index (χ0) is 10.1. The fourth-order valence-electron chi connectivity index (χ4n) is 0.937. The summed E-state index contributed by atoms with van der Waals surface area (Å²) in [4.78, 5) is 15.0. The number of nitrogens with zero attached hydrogens (tertiary/aromatic N) is 2. The normalized spacial score (nSPS) is 11.5. The van der Waals surface area contributed by atoms with Gasteiger partial charge in [-0.25, -0.2) is 13.4 Å². The quantitative estimate of drug-likeness (QED) is 0.628. The maximum Gasteiger partial charge on any atom is 0.213 e. The summed E-state index contributed by atoms with van der Waals surface area (Å²) in [5, 5.41) is 0. The molecular formula is C7H10N2O3S. The highest BCUT2D eigenvalue weighted by molar-refractivity contribution is 7.91. The van der Waals surface area contributed by atoms with Crippen molar-refractivity contribution in [3.8, 4) is 0 Å². The zero-order valence-electron chi connectivity index (χ0n) is 7.39. The van der Waals surface area contributed by atoms with Crippen molar-refractivity contribution < 1.29 is 13.2 Å². The molecule has 0 bridgehead atoms. The molecule has 0 saturated carbocycles. The standard InChI is InChI=1S/C7H10N2O3S/c1-9-4-3-8-7(9)6(10)5-13(2,11)12/h3-4H,5H2,1-2H3. The number of hydrogen-bond acceptors (Lipinski definition) is 4. The van der Waals surface area contributed by atoms with Gasteiger partial charge in [-0.2, -0.15) is 0 Å². The van der Waals surface area contributed by atoms with Crippen molar-refractivity contribution in [2.75, 3.05) is 12.0 Å². The number of aromatic nitrogens is 2. The van der Waals surface area contributed by atoms with E-state index in [9.17, 15) is 13.2 Å². The van der Waals surface area contributed by atoms with Crippen LogP contribution in [0.1, 0.15) is 10.6 Å². The van der Waals surface area contributed by atoms with Crippen molar-refractivity contribution in [2.45, 2.75) is 0 Å². The Morgan fingerprint density at radius 3 is 2.62 bits per heavy atom. The van der Waals surface area contributed by atoms with Crippen molar-refractivity contribution >= 4 is 15.6 Å². The first-order valence-electron chi connectivity index (χ1n) is 3.58. The summed E-state index contributed by atoms with van der Waals surface area (Å²) in [5.74, 6) is -0.793. The van der Waals surface area contributed by atoms with Crippen molar-refractivity contribution in [1.82, 2.24) is 9.55 Å². The van der Waals surface area contributed by atoms with Crippen LogP contribution in [0.25, 0.3) is 0 Å². The number of rotatable bonds is 3. The Hall–Kier alpha value is -1.17. The third-order valence-electron chi connectivity index (χ3n) is 1.46. The summed E-state index contributed by atoms with van der Waals surface area (Å²) in [6.07, 6.45) is 4.07. The highest BCUT2D eigenvalue weighted by atomic mass is 32.2. The lowest BCUT2D eigenvalue weighted by atomic mass is 10.4. The molecule has 6 heteroatoms. The molecule has 0 atom stereocenters. The van der Waals surface area contributed by atoms with Crippen LogP contribution in [-0.2, 0) is 16.9 Å². The summed E-state index contributed by atoms with van der Waals surface area (Å²) < 4.78 is 23.1. The minimum absolute atomic E-state index is 0.172. The number of imidazole rings is 1. The smallest absolute Gasteiger partial charge is 0.213 e. The predicted molar refractivity (Wildman–Crippen MR) is 47.2 cm³/mol. The zero-order valence-corrected chi connectivity index (χ0v) is 8.21. The molecule has 5 nitrogen and oxygen atoms in total. The average molecular weight is 202 g/mol. The number of hydrogen-bond donors (Lipinski definition) is 0. The molecule has 0 aliphatic heterocycles. The summed E-state index contributed by atoms with van der Waals surface area (Å²) in [6.45, 7) is 0. The molecule has 1 aromatic rings. The van der Waals surface area contributed by atoms with Crippen LogP contribution >= 0.6 is 0 Å². The Bertz CT molecular complexity index is 419. The number of carbonyl (C=O) groups excluding carboxylic acids is 1. The molecule has 0 spiro atoms. The van der Waals surface area contributed by atoms with Crippen LogP contribution in [0.4, 0.5) is 0 Å². The minimum Gasteiger partial charge on any atom is -0.332 e. The second-order valence-electron chi connectivity index (χ2n) is 2.86. The molecular weight excluding hydrogens is 192 g/mol. The molecule has 0 aliphatic carbocycles. The lowest BCUT2D eigenvalue weighted by molar-refractivity contribution is 0.100. The van der Waals surface area contributed by atoms with Crippen LogP contribution < -0.4 is 0 Å². The monoisotopic (exact) mass is 202 g/mol. The number of Topliss-reactive ketones (excluding diaryl/α,β-unsaturated/α-hetero) is 1. The third kappa shape index (κ3) is 2.66. The summed E-state index contributed by atoms with van der Waals surface area (Å²) in [7, 11) is -1.63. The van der Waals surface area contributed by atoms with Gasteiger partial charge in [-0.3, -0.25) is 4.79 Å².